The van der Waals surface area contributed by atoms with E-state index in [-0.39, 0.29) is 5.91 Å². The van der Waals surface area contributed by atoms with Gasteiger partial charge in [0.2, 0.25) is 0 Å². The molecule has 0 saturated carbocycles. The summed E-state index contributed by atoms with van der Waals surface area (Å²) >= 11 is 12.1. The minimum atomic E-state index is -0.274. The van der Waals surface area contributed by atoms with E-state index in [0.717, 1.165) is 17.7 Å². The van der Waals surface area contributed by atoms with Crippen molar-refractivity contribution in [1.82, 2.24) is 0 Å². The number of carbonyl (C=O) groups excluding carboxylic acids is 1. The molecule has 1 amide bonds. The van der Waals surface area contributed by atoms with Crippen LogP contribution >= 0.6 is 23.2 Å². The summed E-state index contributed by atoms with van der Waals surface area (Å²) in [4.78, 5) is 12.5. The Hall–Kier alpha value is -1.75. The van der Waals surface area contributed by atoms with E-state index in [9.17, 15) is 4.79 Å². The van der Waals surface area contributed by atoms with Gasteiger partial charge in [-0.25, -0.2) is 0 Å². The Morgan fingerprint density at radius 3 is 2.68 bits per heavy atom. The molecule has 0 spiro atoms. The third-order valence-electron chi connectivity index (χ3n) is 3.43. The van der Waals surface area contributed by atoms with Crippen molar-refractivity contribution in [2.45, 2.75) is 26.9 Å². The second-order valence-electron chi connectivity index (χ2n) is 5.36. The van der Waals surface area contributed by atoms with E-state index in [0.29, 0.717) is 41.1 Å². The molecule has 0 atom stereocenters. The predicted octanol–water partition coefficient (Wildman–Crippen LogP) is 5.57. The van der Waals surface area contributed by atoms with E-state index in [1.165, 1.54) is 0 Å². The van der Waals surface area contributed by atoms with Gasteiger partial charge in [-0.3, -0.25) is 4.79 Å². The fraction of sp³-hybridized carbons (Fsp3) is 0.316. The molecule has 0 radical (unpaired) electrons. The number of hydrogen-bond donors (Lipinski definition) is 1. The molecule has 0 saturated heterocycles. The average Bonchev–Trinajstić information content (AvgIpc) is 2.60. The fourth-order valence-electron chi connectivity index (χ4n) is 2.25. The predicted molar refractivity (Wildman–Crippen MR) is 102 cm³/mol. The maximum Gasteiger partial charge on any atom is 0.255 e. The Bertz CT molecular complexity index is 735. The smallest absolute Gasteiger partial charge is 0.255 e. The van der Waals surface area contributed by atoms with Crippen molar-refractivity contribution in [1.29, 1.82) is 0 Å². The van der Waals surface area contributed by atoms with Gasteiger partial charge >= 0.3 is 0 Å². The minimum Gasteiger partial charge on any atom is -0.494 e. The summed E-state index contributed by atoms with van der Waals surface area (Å²) < 4.78 is 11.2. The first-order chi connectivity index (χ1) is 12.1. The van der Waals surface area contributed by atoms with Gasteiger partial charge in [0.05, 0.1) is 28.9 Å². The summed E-state index contributed by atoms with van der Waals surface area (Å²) in [5.41, 5.74) is 1.80. The maximum absolute atomic E-state index is 12.5. The Balaban J connectivity index is 2.20. The van der Waals surface area contributed by atoms with Crippen LogP contribution in [0.15, 0.2) is 36.4 Å². The zero-order valence-electron chi connectivity index (χ0n) is 14.3. The van der Waals surface area contributed by atoms with Crippen LogP contribution in [-0.4, -0.2) is 19.1 Å². The number of nitrogens with one attached hydrogen (secondary N) is 1. The molecular formula is C19H21Cl2NO3. The van der Waals surface area contributed by atoms with Gasteiger partial charge < -0.3 is 14.8 Å². The van der Waals surface area contributed by atoms with Crippen LogP contribution < -0.4 is 10.1 Å². The molecule has 0 aliphatic carbocycles. The van der Waals surface area contributed by atoms with E-state index in [1.54, 1.807) is 36.4 Å². The van der Waals surface area contributed by atoms with Gasteiger partial charge in [-0.2, -0.15) is 0 Å². The van der Waals surface area contributed by atoms with Crippen molar-refractivity contribution in [3.8, 4) is 5.75 Å². The molecule has 0 aliphatic heterocycles. The molecule has 4 nitrogen and oxygen atoms in total. The number of rotatable bonds is 8. The molecule has 2 rings (SSSR count). The molecule has 2 aromatic carbocycles. The van der Waals surface area contributed by atoms with Gasteiger partial charge in [-0.15, -0.1) is 0 Å². The Morgan fingerprint density at radius 1 is 1.16 bits per heavy atom. The molecule has 0 aromatic heterocycles. The fourth-order valence-corrected chi connectivity index (χ4v) is 2.60. The van der Waals surface area contributed by atoms with Crippen LogP contribution in [0.4, 0.5) is 5.69 Å². The van der Waals surface area contributed by atoms with Gasteiger partial charge in [-0.1, -0.05) is 36.2 Å². The maximum atomic E-state index is 12.5. The first-order valence-electron chi connectivity index (χ1n) is 8.15. The van der Waals surface area contributed by atoms with Crippen molar-refractivity contribution < 1.29 is 14.3 Å². The van der Waals surface area contributed by atoms with E-state index in [2.05, 4.69) is 5.32 Å². The molecule has 6 heteroatoms. The molecule has 0 unspecified atom stereocenters. The van der Waals surface area contributed by atoms with E-state index in [1.807, 2.05) is 13.8 Å². The largest absolute Gasteiger partial charge is 0.494 e. The van der Waals surface area contributed by atoms with E-state index >= 15 is 0 Å². The normalized spacial score (nSPS) is 10.6. The number of halogens is 2. The molecule has 2 aromatic rings. The summed E-state index contributed by atoms with van der Waals surface area (Å²) in [6.45, 7) is 5.55. The second kappa shape index (κ2) is 9.66. The first-order valence-corrected chi connectivity index (χ1v) is 8.91. The number of anilines is 1. The number of hydrogen-bond acceptors (Lipinski definition) is 3. The van der Waals surface area contributed by atoms with Crippen LogP contribution in [0.2, 0.25) is 10.0 Å². The highest BCUT2D eigenvalue weighted by Gasteiger charge is 2.13. The SMILES string of the molecule is CCCOCc1cc(C(=O)Nc2cccc(Cl)c2Cl)ccc1OCC. The van der Waals surface area contributed by atoms with Crippen LogP contribution in [-0.2, 0) is 11.3 Å². The number of ether oxygens (including phenoxy) is 2. The standard InChI is InChI=1S/C19H21Cl2NO3/c1-3-10-24-12-14-11-13(8-9-17(14)25-4-2)19(23)22-16-7-5-6-15(20)18(16)21/h5-9,11H,3-4,10,12H2,1-2H3,(H,22,23). The molecule has 1 N–H and O–H groups in total. The molecule has 0 bridgehead atoms. The number of carbonyl (C=O) groups is 1. The van der Waals surface area contributed by atoms with Gasteiger partial charge in [0.1, 0.15) is 5.75 Å². The summed E-state index contributed by atoms with van der Waals surface area (Å²) in [5, 5.41) is 3.48. The number of benzene rings is 2. The summed E-state index contributed by atoms with van der Waals surface area (Å²) in [5.74, 6) is 0.444. The monoisotopic (exact) mass is 381 g/mol. The van der Waals surface area contributed by atoms with Crippen LogP contribution in [0.3, 0.4) is 0 Å². The lowest BCUT2D eigenvalue weighted by molar-refractivity contribution is 0.102. The first kappa shape index (κ1) is 19.6. The van der Waals surface area contributed by atoms with Gasteiger partial charge in [0.25, 0.3) is 5.91 Å². The molecule has 0 aliphatic rings. The molecule has 0 heterocycles. The lowest BCUT2D eigenvalue weighted by Gasteiger charge is -2.13. The highest BCUT2D eigenvalue weighted by atomic mass is 35.5. The molecule has 25 heavy (non-hydrogen) atoms. The topological polar surface area (TPSA) is 47.6 Å². The third kappa shape index (κ3) is 5.36. The zero-order valence-corrected chi connectivity index (χ0v) is 15.8. The third-order valence-corrected chi connectivity index (χ3v) is 4.25. The van der Waals surface area contributed by atoms with Crippen LogP contribution in [0.5, 0.6) is 5.75 Å². The second-order valence-corrected chi connectivity index (χ2v) is 6.15. The summed E-state index contributed by atoms with van der Waals surface area (Å²) in [6.07, 6.45) is 0.928. The zero-order chi connectivity index (χ0) is 18.2. The van der Waals surface area contributed by atoms with Crippen molar-refractivity contribution in [3.05, 3.63) is 57.6 Å². The van der Waals surface area contributed by atoms with Gasteiger partial charge in [-0.05, 0) is 43.7 Å². The van der Waals surface area contributed by atoms with Crippen LogP contribution in [0.25, 0.3) is 0 Å². The Labute approximate surface area is 158 Å². The van der Waals surface area contributed by atoms with E-state index in [4.69, 9.17) is 32.7 Å². The van der Waals surface area contributed by atoms with Gasteiger partial charge in [0.15, 0.2) is 0 Å². The summed E-state index contributed by atoms with van der Waals surface area (Å²) in [7, 11) is 0. The summed E-state index contributed by atoms with van der Waals surface area (Å²) in [6, 6.07) is 10.4. The highest BCUT2D eigenvalue weighted by Crippen LogP contribution is 2.30. The lowest BCUT2D eigenvalue weighted by atomic mass is 10.1. The van der Waals surface area contributed by atoms with Crippen molar-refractivity contribution in [3.63, 3.8) is 0 Å². The van der Waals surface area contributed by atoms with Gasteiger partial charge in [0, 0.05) is 17.7 Å². The van der Waals surface area contributed by atoms with Crippen LogP contribution in [0, 0.1) is 0 Å². The Morgan fingerprint density at radius 2 is 1.96 bits per heavy atom. The molecule has 134 valence electrons. The number of amides is 1. The highest BCUT2D eigenvalue weighted by molar-refractivity contribution is 6.44. The van der Waals surface area contributed by atoms with Crippen LogP contribution in [0.1, 0.15) is 36.2 Å². The van der Waals surface area contributed by atoms with Crippen molar-refractivity contribution in [2.24, 2.45) is 0 Å². The van der Waals surface area contributed by atoms with Crippen molar-refractivity contribution in [2.75, 3.05) is 18.5 Å². The Kier molecular flexibility index (Phi) is 7.56. The molecular weight excluding hydrogens is 361 g/mol. The minimum absolute atomic E-state index is 0.274. The lowest BCUT2D eigenvalue weighted by Crippen LogP contribution is -2.13. The van der Waals surface area contributed by atoms with Crippen molar-refractivity contribution >= 4 is 34.8 Å². The quantitative estimate of drug-likeness (QED) is 0.607. The molecule has 0 fully saturated rings. The van der Waals surface area contributed by atoms with E-state index < -0.39 is 0 Å². The average molecular weight is 382 g/mol.